The van der Waals surface area contributed by atoms with Crippen LogP contribution in [0.15, 0.2) is 0 Å². The fraction of sp³-hybridized carbons (Fsp3) is 0.875. The summed E-state index contributed by atoms with van der Waals surface area (Å²) in [5, 5.41) is 0. The average Bonchev–Trinajstić information content (AvgIpc) is 2.41. The smallest absolute Gasteiger partial charge is 0.219 e. The van der Waals surface area contributed by atoms with E-state index in [9.17, 15) is 4.79 Å². The van der Waals surface area contributed by atoms with Crippen molar-refractivity contribution in [2.24, 2.45) is 17.6 Å². The summed E-state index contributed by atoms with van der Waals surface area (Å²) >= 11 is 0. The molecular weight excluding hydrogens is 140 g/mol. The predicted octanol–water partition coefficient (Wildman–Crippen LogP) is -0.188. The van der Waals surface area contributed by atoms with Gasteiger partial charge in [-0.3, -0.25) is 4.79 Å². The molecule has 2 unspecified atom stereocenters. The van der Waals surface area contributed by atoms with Crippen molar-refractivity contribution in [2.75, 3.05) is 13.1 Å². The molecule has 0 radical (unpaired) electrons. The maximum atomic E-state index is 10.8. The van der Waals surface area contributed by atoms with Crippen molar-refractivity contribution < 1.29 is 4.79 Å². The second kappa shape index (κ2) is 2.21. The molecule has 62 valence electrons. The molecule has 2 aliphatic rings. The van der Waals surface area contributed by atoms with Gasteiger partial charge in [-0.1, -0.05) is 0 Å². The maximum Gasteiger partial charge on any atom is 0.219 e. The highest BCUT2D eigenvalue weighted by atomic mass is 16.2. The van der Waals surface area contributed by atoms with Gasteiger partial charge in [-0.15, -0.1) is 0 Å². The minimum absolute atomic E-state index is 0.204. The first-order valence-electron chi connectivity index (χ1n) is 4.19. The summed E-state index contributed by atoms with van der Waals surface area (Å²) in [6.45, 7) is 3.53. The number of hydrogen-bond acceptors (Lipinski definition) is 2. The van der Waals surface area contributed by atoms with Gasteiger partial charge in [0, 0.05) is 26.1 Å². The lowest BCUT2D eigenvalue weighted by molar-refractivity contribution is -0.135. The Kier molecular flexibility index (Phi) is 1.42. The molecule has 0 aromatic carbocycles. The monoisotopic (exact) mass is 154 g/mol. The molecule has 0 aromatic rings. The fourth-order valence-corrected chi connectivity index (χ4v) is 1.82. The molecule has 2 atom stereocenters. The van der Waals surface area contributed by atoms with Gasteiger partial charge >= 0.3 is 0 Å². The van der Waals surface area contributed by atoms with E-state index in [1.54, 1.807) is 6.92 Å². The minimum Gasteiger partial charge on any atom is -0.342 e. The Hall–Kier alpha value is -0.570. The van der Waals surface area contributed by atoms with Crippen LogP contribution >= 0.6 is 0 Å². The molecule has 1 amide bonds. The molecule has 1 saturated carbocycles. The normalized spacial score (nSPS) is 36.7. The van der Waals surface area contributed by atoms with Crippen LogP contribution < -0.4 is 5.73 Å². The van der Waals surface area contributed by atoms with Crippen LogP contribution in [0.5, 0.6) is 0 Å². The van der Waals surface area contributed by atoms with Crippen LogP contribution in [0.2, 0.25) is 0 Å². The highest BCUT2D eigenvalue weighted by Gasteiger charge is 2.45. The predicted molar refractivity (Wildman–Crippen MR) is 41.8 cm³/mol. The summed E-state index contributed by atoms with van der Waals surface area (Å²) in [5.74, 6) is 1.65. The van der Waals surface area contributed by atoms with E-state index in [4.69, 9.17) is 5.73 Å². The highest BCUT2D eigenvalue weighted by molar-refractivity contribution is 5.74. The molecule has 0 bridgehead atoms. The molecule has 2 rings (SSSR count). The van der Waals surface area contributed by atoms with E-state index >= 15 is 0 Å². The second-order valence-corrected chi connectivity index (χ2v) is 3.75. The van der Waals surface area contributed by atoms with Gasteiger partial charge in [0.25, 0.3) is 0 Å². The third-order valence-electron chi connectivity index (χ3n) is 2.85. The molecule has 11 heavy (non-hydrogen) atoms. The SMILES string of the molecule is CC(=O)N1CC(C2CC2N)C1. The molecule has 1 aliphatic heterocycles. The Morgan fingerprint density at radius 2 is 2.09 bits per heavy atom. The minimum atomic E-state index is 0.204. The van der Waals surface area contributed by atoms with Crippen LogP contribution in [-0.4, -0.2) is 29.9 Å². The summed E-state index contributed by atoms with van der Waals surface area (Å²) in [6, 6.07) is 0.439. The number of rotatable bonds is 1. The molecule has 0 aromatic heterocycles. The van der Waals surface area contributed by atoms with Crippen LogP contribution in [0, 0.1) is 11.8 Å². The van der Waals surface area contributed by atoms with Crippen molar-refractivity contribution in [2.45, 2.75) is 19.4 Å². The van der Waals surface area contributed by atoms with Gasteiger partial charge in [0.15, 0.2) is 0 Å². The van der Waals surface area contributed by atoms with Crippen molar-refractivity contribution in [3.8, 4) is 0 Å². The van der Waals surface area contributed by atoms with Gasteiger partial charge < -0.3 is 10.6 Å². The lowest BCUT2D eigenvalue weighted by atomic mass is 9.94. The largest absolute Gasteiger partial charge is 0.342 e. The molecule has 1 saturated heterocycles. The zero-order valence-corrected chi connectivity index (χ0v) is 6.79. The zero-order valence-electron chi connectivity index (χ0n) is 6.79. The summed E-state index contributed by atoms with van der Waals surface area (Å²) in [7, 11) is 0. The number of hydrogen-bond donors (Lipinski definition) is 1. The summed E-state index contributed by atoms with van der Waals surface area (Å²) in [5.41, 5.74) is 5.69. The van der Waals surface area contributed by atoms with Gasteiger partial charge in [-0.05, 0) is 18.3 Å². The van der Waals surface area contributed by atoms with Crippen molar-refractivity contribution in [1.82, 2.24) is 4.90 Å². The molecule has 1 heterocycles. The van der Waals surface area contributed by atoms with E-state index in [2.05, 4.69) is 0 Å². The Morgan fingerprint density at radius 1 is 1.55 bits per heavy atom. The Labute approximate surface area is 66.5 Å². The molecule has 2 N–H and O–H groups in total. The highest BCUT2D eigenvalue weighted by Crippen LogP contribution is 2.40. The van der Waals surface area contributed by atoms with E-state index in [0.717, 1.165) is 19.0 Å². The van der Waals surface area contributed by atoms with E-state index in [1.165, 1.54) is 6.42 Å². The van der Waals surface area contributed by atoms with Crippen molar-refractivity contribution >= 4 is 5.91 Å². The number of nitrogens with two attached hydrogens (primary N) is 1. The van der Waals surface area contributed by atoms with Crippen LogP contribution in [0.3, 0.4) is 0 Å². The van der Waals surface area contributed by atoms with E-state index in [1.807, 2.05) is 4.90 Å². The molecule has 3 nitrogen and oxygen atoms in total. The fourth-order valence-electron chi connectivity index (χ4n) is 1.82. The van der Waals surface area contributed by atoms with Gasteiger partial charge in [0.1, 0.15) is 0 Å². The lowest BCUT2D eigenvalue weighted by Crippen LogP contribution is -2.50. The second-order valence-electron chi connectivity index (χ2n) is 3.75. The van der Waals surface area contributed by atoms with E-state index in [0.29, 0.717) is 12.0 Å². The van der Waals surface area contributed by atoms with Crippen LogP contribution in [0.25, 0.3) is 0 Å². The summed E-state index contributed by atoms with van der Waals surface area (Å²) in [4.78, 5) is 12.7. The van der Waals surface area contributed by atoms with Gasteiger partial charge in [0.2, 0.25) is 5.91 Å². The van der Waals surface area contributed by atoms with Crippen LogP contribution in [-0.2, 0) is 4.79 Å². The summed E-state index contributed by atoms with van der Waals surface area (Å²) in [6.07, 6.45) is 1.18. The number of likely N-dealkylation sites (tertiary alicyclic amines) is 1. The number of carbonyl (C=O) groups is 1. The van der Waals surface area contributed by atoms with Crippen molar-refractivity contribution in [3.05, 3.63) is 0 Å². The molecule has 1 aliphatic carbocycles. The molecule has 2 fully saturated rings. The Balaban J connectivity index is 1.76. The number of nitrogens with zero attached hydrogens (tertiary/aromatic N) is 1. The lowest BCUT2D eigenvalue weighted by Gasteiger charge is -2.39. The molecule has 3 heteroatoms. The third kappa shape index (κ3) is 1.13. The van der Waals surface area contributed by atoms with Crippen LogP contribution in [0.4, 0.5) is 0 Å². The Morgan fingerprint density at radius 3 is 2.45 bits per heavy atom. The van der Waals surface area contributed by atoms with Gasteiger partial charge in [-0.25, -0.2) is 0 Å². The van der Waals surface area contributed by atoms with Gasteiger partial charge in [-0.2, -0.15) is 0 Å². The number of carbonyl (C=O) groups excluding carboxylic acids is 1. The first kappa shape index (κ1) is 7.10. The van der Waals surface area contributed by atoms with Gasteiger partial charge in [0.05, 0.1) is 0 Å². The standard InChI is InChI=1S/C8H14N2O/c1-5(11)10-3-6(4-10)7-2-8(7)9/h6-8H,2-4,9H2,1H3. The number of amides is 1. The first-order valence-corrected chi connectivity index (χ1v) is 4.19. The maximum absolute atomic E-state index is 10.8. The third-order valence-corrected chi connectivity index (χ3v) is 2.85. The first-order chi connectivity index (χ1) is 5.18. The quantitative estimate of drug-likeness (QED) is 0.569. The molecule has 0 spiro atoms. The Bertz CT molecular complexity index is 187. The van der Waals surface area contributed by atoms with Crippen LogP contribution in [0.1, 0.15) is 13.3 Å². The topological polar surface area (TPSA) is 46.3 Å². The van der Waals surface area contributed by atoms with Crippen molar-refractivity contribution in [3.63, 3.8) is 0 Å². The zero-order chi connectivity index (χ0) is 8.01. The average molecular weight is 154 g/mol. The van der Waals surface area contributed by atoms with Crippen molar-refractivity contribution in [1.29, 1.82) is 0 Å². The van der Waals surface area contributed by atoms with E-state index < -0.39 is 0 Å². The molecular formula is C8H14N2O. The summed E-state index contributed by atoms with van der Waals surface area (Å²) < 4.78 is 0. The van der Waals surface area contributed by atoms with E-state index in [-0.39, 0.29) is 5.91 Å².